The summed E-state index contributed by atoms with van der Waals surface area (Å²) in [5.41, 5.74) is 0.668. The van der Waals surface area contributed by atoms with Crippen LogP contribution in [-0.2, 0) is 4.79 Å². The minimum atomic E-state index is -0.154. The molecule has 0 fully saturated rings. The van der Waals surface area contributed by atoms with E-state index in [-0.39, 0.29) is 11.9 Å². The summed E-state index contributed by atoms with van der Waals surface area (Å²) in [6.07, 6.45) is 2.61. The largest absolute Gasteiger partial charge is 0.494 e. The topological polar surface area (TPSA) is 92.8 Å². The zero-order chi connectivity index (χ0) is 16.6. The number of carbonyl (C=O) groups excluding carboxylic acids is 1. The monoisotopic (exact) mass is 323 g/mol. The van der Waals surface area contributed by atoms with Crippen LogP contribution in [0.4, 0.5) is 5.95 Å². The van der Waals surface area contributed by atoms with Crippen molar-refractivity contribution in [2.45, 2.75) is 12.8 Å². The lowest BCUT2D eigenvalue weighted by molar-refractivity contribution is -0.116. The number of ether oxygens (including phenoxy) is 1. The molecule has 1 amide bonds. The molecule has 0 aliphatic carbocycles. The molecule has 0 spiro atoms. The quantitative estimate of drug-likeness (QED) is 0.652. The van der Waals surface area contributed by atoms with E-state index in [1.807, 2.05) is 48.5 Å². The van der Waals surface area contributed by atoms with Crippen molar-refractivity contribution in [3.63, 3.8) is 0 Å². The van der Waals surface area contributed by atoms with E-state index in [2.05, 4.69) is 25.5 Å². The van der Waals surface area contributed by atoms with Gasteiger partial charge in [-0.25, -0.2) is 0 Å². The summed E-state index contributed by atoms with van der Waals surface area (Å²) in [7, 11) is 0. The van der Waals surface area contributed by atoms with Gasteiger partial charge in [-0.05, 0) is 30.7 Å². The number of aromatic amines is 1. The first-order chi connectivity index (χ1) is 11.8. The van der Waals surface area contributed by atoms with Gasteiger partial charge in [0.15, 0.2) is 5.82 Å². The molecule has 0 atom stereocenters. The second kappa shape index (κ2) is 7.87. The number of anilines is 1. The predicted molar refractivity (Wildman–Crippen MR) is 89.4 cm³/mol. The van der Waals surface area contributed by atoms with E-state index in [0.29, 0.717) is 31.0 Å². The van der Waals surface area contributed by atoms with Crippen LogP contribution in [0.25, 0.3) is 11.5 Å². The zero-order valence-corrected chi connectivity index (χ0v) is 13.0. The number of H-pyrrole nitrogens is 1. The van der Waals surface area contributed by atoms with Gasteiger partial charge in [0, 0.05) is 12.6 Å². The summed E-state index contributed by atoms with van der Waals surface area (Å²) in [6, 6.07) is 15.0. The summed E-state index contributed by atoms with van der Waals surface area (Å²) in [5.74, 6) is 1.40. The van der Waals surface area contributed by atoms with Crippen LogP contribution in [0.1, 0.15) is 12.8 Å². The maximum absolute atomic E-state index is 11.9. The average molecular weight is 323 g/mol. The SMILES string of the molecule is O=C(CCCOc1ccccc1)Nc1n[nH]c(-c2ccccn2)n1. The molecule has 2 N–H and O–H groups in total. The first-order valence-electron chi connectivity index (χ1n) is 7.63. The lowest BCUT2D eigenvalue weighted by Gasteiger charge is -2.05. The highest BCUT2D eigenvalue weighted by molar-refractivity contribution is 5.89. The maximum atomic E-state index is 11.9. The van der Waals surface area contributed by atoms with Gasteiger partial charge in [-0.15, -0.1) is 5.10 Å². The van der Waals surface area contributed by atoms with E-state index in [9.17, 15) is 4.79 Å². The number of pyridine rings is 1. The predicted octanol–water partition coefficient (Wildman–Crippen LogP) is 2.66. The molecule has 24 heavy (non-hydrogen) atoms. The van der Waals surface area contributed by atoms with Crippen molar-refractivity contribution in [3.05, 3.63) is 54.7 Å². The standard InChI is InChI=1S/C17H17N5O2/c23-15(10-6-12-24-13-7-2-1-3-8-13)19-17-20-16(21-22-17)14-9-4-5-11-18-14/h1-5,7-9,11H,6,10,12H2,(H2,19,20,21,22,23). The molecule has 3 rings (SSSR count). The van der Waals surface area contributed by atoms with Crippen LogP contribution in [0.15, 0.2) is 54.7 Å². The fraction of sp³-hybridized carbons (Fsp3) is 0.176. The lowest BCUT2D eigenvalue weighted by Crippen LogP contribution is -2.13. The molecule has 2 aromatic heterocycles. The normalized spacial score (nSPS) is 10.3. The Kier molecular flexibility index (Phi) is 5.14. The smallest absolute Gasteiger partial charge is 0.249 e. The van der Waals surface area contributed by atoms with Gasteiger partial charge in [-0.3, -0.25) is 20.2 Å². The summed E-state index contributed by atoms with van der Waals surface area (Å²) >= 11 is 0. The fourth-order valence-corrected chi connectivity index (χ4v) is 2.06. The number of aromatic nitrogens is 4. The first-order valence-corrected chi connectivity index (χ1v) is 7.63. The van der Waals surface area contributed by atoms with Gasteiger partial charge >= 0.3 is 0 Å². The van der Waals surface area contributed by atoms with Crippen molar-refractivity contribution in [2.24, 2.45) is 0 Å². The van der Waals surface area contributed by atoms with Crippen molar-refractivity contribution in [2.75, 3.05) is 11.9 Å². The van der Waals surface area contributed by atoms with Crippen LogP contribution < -0.4 is 10.1 Å². The van der Waals surface area contributed by atoms with Crippen LogP contribution >= 0.6 is 0 Å². The van der Waals surface area contributed by atoms with E-state index in [1.54, 1.807) is 6.20 Å². The van der Waals surface area contributed by atoms with Gasteiger partial charge < -0.3 is 4.74 Å². The highest BCUT2D eigenvalue weighted by Crippen LogP contribution is 2.12. The number of hydrogen-bond donors (Lipinski definition) is 2. The molecule has 3 aromatic rings. The number of benzene rings is 1. The number of nitrogens with one attached hydrogen (secondary N) is 2. The number of nitrogens with zero attached hydrogens (tertiary/aromatic N) is 3. The van der Waals surface area contributed by atoms with E-state index in [1.165, 1.54) is 0 Å². The number of para-hydroxylation sites is 1. The molecular formula is C17H17N5O2. The number of hydrogen-bond acceptors (Lipinski definition) is 5. The maximum Gasteiger partial charge on any atom is 0.249 e. The summed E-state index contributed by atoms with van der Waals surface area (Å²) in [5, 5.41) is 9.38. The molecule has 2 heterocycles. The Balaban J connectivity index is 1.43. The van der Waals surface area contributed by atoms with Gasteiger partial charge in [-0.2, -0.15) is 4.98 Å². The van der Waals surface area contributed by atoms with Gasteiger partial charge in [-0.1, -0.05) is 24.3 Å². The van der Waals surface area contributed by atoms with Crippen molar-refractivity contribution in [1.29, 1.82) is 0 Å². The van der Waals surface area contributed by atoms with Crippen LogP contribution in [0, 0.1) is 0 Å². The molecule has 0 radical (unpaired) electrons. The van der Waals surface area contributed by atoms with Crippen LogP contribution in [0.2, 0.25) is 0 Å². The Morgan fingerprint density at radius 3 is 2.75 bits per heavy atom. The molecule has 0 aliphatic rings. The van der Waals surface area contributed by atoms with Crippen molar-refractivity contribution < 1.29 is 9.53 Å². The van der Waals surface area contributed by atoms with Gasteiger partial charge in [0.2, 0.25) is 11.9 Å². The van der Waals surface area contributed by atoms with Crippen LogP contribution in [-0.4, -0.2) is 32.7 Å². The molecule has 1 aromatic carbocycles. The molecule has 7 heteroatoms. The third-order valence-corrected chi connectivity index (χ3v) is 3.20. The molecule has 122 valence electrons. The number of rotatable bonds is 7. The molecule has 0 bridgehead atoms. The molecule has 0 saturated carbocycles. The Morgan fingerprint density at radius 2 is 1.96 bits per heavy atom. The number of amides is 1. The average Bonchev–Trinajstić information content (AvgIpc) is 3.09. The Morgan fingerprint density at radius 1 is 1.12 bits per heavy atom. The van der Waals surface area contributed by atoms with E-state index < -0.39 is 0 Å². The minimum absolute atomic E-state index is 0.154. The molecular weight excluding hydrogens is 306 g/mol. The molecule has 0 unspecified atom stereocenters. The van der Waals surface area contributed by atoms with E-state index in [4.69, 9.17) is 4.74 Å². The van der Waals surface area contributed by atoms with E-state index in [0.717, 1.165) is 5.75 Å². The minimum Gasteiger partial charge on any atom is -0.494 e. The first kappa shape index (κ1) is 15.7. The Bertz CT molecular complexity index is 774. The van der Waals surface area contributed by atoms with Crippen LogP contribution in [0.3, 0.4) is 0 Å². The van der Waals surface area contributed by atoms with Gasteiger partial charge in [0.25, 0.3) is 0 Å². The Labute approximate surface area is 139 Å². The van der Waals surface area contributed by atoms with Crippen molar-refractivity contribution >= 4 is 11.9 Å². The highest BCUT2D eigenvalue weighted by Gasteiger charge is 2.09. The van der Waals surface area contributed by atoms with Crippen molar-refractivity contribution in [1.82, 2.24) is 20.2 Å². The van der Waals surface area contributed by atoms with Crippen molar-refractivity contribution in [3.8, 4) is 17.3 Å². The highest BCUT2D eigenvalue weighted by atomic mass is 16.5. The van der Waals surface area contributed by atoms with Crippen LogP contribution in [0.5, 0.6) is 5.75 Å². The fourth-order valence-electron chi connectivity index (χ4n) is 2.06. The second-order valence-electron chi connectivity index (χ2n) is 5.04. The Hall–Kier alpha value is -3.22. The summed E-state index contributed by atoms with van der Waals surface area (Å²) in [6.45, 7) is 0.477. The van der Waals surface area contributed by atoms with E-state index >= 15 is 0 Å². The van der Waals surface area contributed by atoms with Gasteiger partial charge in [0.1, 0.15) is 11.4 Å². The third-order valence-electron chi connectivity index (χ3n) is 3.20. The molecule has 7 nitrogen and oxygen atoms in total. The van der Waals surface area contributed by atoms with Gasteiger partial charge in [0.05, 0.1) is 6.61 Å². The second-order valence-corrected chi connectivity index (χ2v) is 5.04. The molecule has 0 aliphatic heterocycles. The molecule has 0 saturated heterocycles. The summed E-state index contributed by atoms with van der Waals surface area (Å²) < 4.78 is 5.54. The third kappa shape index (κ3) is 4.39. The zero-order valence-electron chi connectivity index (χ0n) is 13.0. The summed E-state index contributed by atoms with van der Waals surface area (Å²) in [4.78, 5) is 20.3. The lowest BCUT2D eigenvalue weighted by atomic mass is 10.3. The number of carbonyl (C=O) groups is 1.